The summed E-state index contributed by atoms with van der Waals surface area (Å²) in [4.78, 5) is 40.0. The van der Waals surface area contributed by atoms with Crippen LogP contribution in [0.4, 0.5) is 0 Å². The number of carbonyl (C=O) groups is 1. The van der Waals surface area contributed by atoms with Crippen LogP contribution in [0.3, 0.4) is 0 Å². The van der Waals surface area contributed by atoms with E-state index in [4.69, 9.17) is 29.6 Å². The van der Waals surface area contributed by atoms with Gasteiger partial charge in [0.25, 0.3) is 5.56 Å². The highest BCUT2D eigenvalue weighted by Crippen LogP contribution is 2.35. The molecule has 0 aliphatic carbocycles. The molecular weight excluding hydrogens is 666 g/mol. The van der Waals surface area contributed by atoms with Crippen molar-refractivity contribution < 1.29 is 59.5 Å². The molecule has 19 nitrogen and oxygen atoms in total. The van der Waals surface area contributed by atoms with Crippen LogP contribution in [0.25, 0.3) is 10.4 Å². The van der Waals surface area contributed by atoms with Gasteiger partial charge in [-0.25, -0.2) is 9.59 Å². The second kappa shape index (κ2) is 17.1. The largest absolute Gasteiger partial charge is 0.504 e. The number of nitrogens with one attached hydrogen (secondary N) is 1. The number of nitrogens with zero attached hydrogens (tertiary/aromatic N) is 4. The summed E-state index contributed by atoms with van der Waals surface area (Å²) in [7, 11) is 0. The van der Waals surface area contributed by atoms with Crippen molar-refractivity contribution in [2.75, 3.05) is 19.8 Å². The normalized spacial score (nSPS) is 25.9. The molecule has 19 heteroatoms. The van der Waals surface area contributed by atoms with Gasteiger partial charge in [0.1, 0.15) is 37.3 Å². The Kier molecular flexibility index (Phi) is 12.9. The molecule has 0 radical (unpaired) electrons. The van der Waals surface area contributed by atoms with E-state index in [1.54, 1.807) is 6.92 Å². The molecule has 8 N–H and O–H groups in total. The molecule has 0 spiro atoms. The smallest absolute Gasteiger partial charge is 0.338 e. The van der Waals surface area contributed by atoms with Crippen LogP contribution < -0.4 is 11.2 Å². The van der Waals surface area contributed by atoms with Crippen LogP contribution in [-0.4, -0.2) is 114 Å². The van der Waals surface area contributed by atoms with Crippen LogP contribution in [0, 0.1) is 6.92 Å². The maximum Gasteiger partial charge on any atom is 0.338 e. The number of H-pyrrole nitrogens is 1. The zero-order valence-electron chi connectivity index (χ0n) is 26.6. The van der Waals surface area contributed by atoms with E-state index in [2.05, 4.69) is 15.0 Å². The summed E-state index contributed by atoms with van der Waals surface area (Å²) in [5.74, 6) is -3.20. The van der Waals surface area contributed by atoms with Gasteiger partial charge in [-0.3, -0.25) is 14.3 Å². The van der Waals surface area contributed by atoms with Crippen molar-refractivity contribution in [3.8, 4) is 17.2 Å². The molecule has 2 aliphatic rings. The van der Waals surface area contributed by atoms with Crippen molar-refractivity contribution >= 4 is 5.97 Å². The number of phenols is 3. The SMILES string of the molecule is Cc1cn([C@H]2C[C@H](N=[N+]=[N-])[C@@H](CO)O2)c(=O)[nH]c1=O.O=C(OCC1OC(OCCc2ccccc2)C(O)C(O)C1O)c1cc(O)c(O)c(O)c1. The second-order valence-electron chi connectivity index (χ2n) is 11.4. The van der Waals surface area contributed by atoms with Crippen molar-refractivity contribution in [1.82, 2.24) is 9.55 Å². The minimum atomic E-state index is -1.60. The Morgan fingerprint density at radius 3 is 2.36 bits per heavy atom. The van der Waals surface area contributed by atoms with Crippen LogP contribution in [0.1, 0.15) is 34.1 Å². The van der Waals surface area contributed by atoms with Crippen LogP contribution >= 0.6 is 0 Å². The number of esters is 1. The highest BCUT2D eigenvalue weighted by atomic mass is 16.7. The molecule has 1 aromatic heterocycles. The zero-order chi connectivity index (χ0) is 36.5. The molecule has 2 fully saturated rings. The van der Waals surface area contributed by atoms with E-state index in [-0.39, 0.29) is 25.2 Å². The van der Waals surface area contributed by atoms with Gasteiger partial charge in [-0.1, -0.05) is 35.4 Å². The number of aromatic nitrogens is 2. The first-order chi connectivity index (χ1) is 23.8. The topological polar surface area (TPSA) is 299 Å². The number of hydrogen-bond donors (Lipinski definition) is 8. The first-order valence-electron chi connectivity index (χ1n) is 15.2. The van der Waals surface area contributed by atoms with Gasteiger partial charge in [0.05, 0.1) is 30.9 Å². The molecule has 50 heavy (non-hydrogen) atoms. The lowest BCUT2D eigenvalue weighted by atomic mass is 9.99. The Morgan fingerprint density at radius 1 is 1.04 bits per heavy atom. The number of rotatable bonds is 10. The monoisotopic (exact) mass is 703 g/mol. The lowest BCUT2D eigenvalue weighted by Crippen LogP contribution is -2.59. The highest BCUT2D eigenvalue weighted by molar-refractivity contribution is 5.91. The minimum absolute atomic E-state index is 0.174. The average Bonchev–Trinajstić information content (AvgIpc) is 3.51. The van der Waals surface area contributed by atoms with Crippen LogP contribution in [0.15, 0.2) is 63.4 Å². The van der Waals surface area contributed by atoms with Gasteiger partial charge in [0.2, 0.25) is 0 Å². The summed E-state index contributed by atoms with van der Waals surface area (Å²) in [5.41, 5.74) is 8.50. The fourth-order valence-electron chi connectivity index (χ4n) is 5.13. The fraction of sp³-hybridized carbons (Fsp3) is 0.452. The Morgan fingerprint density at radius 2 is 1.72 bits per heavy atom. The number of ether oxygens (including phenoxy) is 4. The molecule has 2 aromatic carbocycles. The number of carbonyl (C=O) groups excluding carboxylic acids is 1. The Bertz CT molecular complexity index is 1760. The molecule has 5 rings (SSSR count). The second-order valence-corrected chi connectivity index (χ2v) is 11.4. The molecule has 0 amide bonds. The lowest BCUT2D eigenvalue weighted by Gasteiger charge is -2.39. The summed E-state index contributed by atoms with van der Waals surface area (Å²) in [6, 6.07) is 10.7. The van der Waals surface area contributed by atoms with Crippen molar-refractivity contribution in [3.05, 3.63) is 96.6 Å². The maximum absolute atomic E-state index is 12.2. The Balaban J connectivity index is 0.000000252. The molecule has 5 unspecified atom stereocenters. The van der Waals surface area contributed by atoms with Gasteiger partial charge in [0.15, 0.2) is 23.5 Å². The molecule has 0 bridgehead atoms. The van der Waals surface area contributed by atoms with Crippen LogP contribution in [0.5, 0.6) is 17.2 Å². The third-order valence-electron chi connectivity index (χ3n) is 7.91. The molecule has 3 aromatic rings. The third kappa shape index (κ3) is 9.17. The number of aryl methyl sites for hydroxylation is 1. The predicted octanol–water partition coefficient (Wildman–Crippen LogP) is -0.169. The third-order valence-corrected chi connectivity index (χ3v) is 7.91. The standard InChI is InChI=1S/C21H24O10.C10H13N5O4/c22-13-8-12(9-14(23)16(13)24)20(28)30-10-15-17(25)18(26)19(27)21(31-15)29-7-6-11-4-2-1-3-5-11;1-5-3-15(10(18)12-9(5)17)8-2-6(13-14-11)7(4-16)19-8/h1-5,8-9,15,17-19,21-27H,6-7,10H2;3,6-8,16H,2,4H2,1H3,(H,12,17,18)/t;6-,7+,8+/m.0/s1. The maximum atomic E-state index is 12.2. The first kappa shape index (κ1) is 37.8. The number of hydrogen-bond acceptors (Lipinski definition) is 15. The molecule has 3 heterocycles. The number of aromatic hydroxyl groups is 3. The number of aliphatic hydroxyl groups excluding tert-OH is 4. The summed E-state index contributed by atoms with van der Waals surface area (Å²) >= 11 is 0. The van der Waals surface area contributed by atoms with E-state index in [1.807, 2.05) is 30.3 Å². The first-order valence-corrected chi connectivity index (χ1v) is 15.2. The van der Waals surface area contributed by atoms with E-state index in [1.165, 1.54) is 10.8 Å². The van der Waals surface area contributed by atoms with Gasteiger partial charge in [-0.2, -0.15) is 0 Å². The van der Waals surface area contributed by atoms with E-state index in [0.29, 0.717) is 12.0 Å². The molecule has 0 saturated carbocycles. The lowest BCUT2D eigenvalue weighted by molar-refractivity contribution is -0.300. The van der Waals surface area contributed by atoms with Gasteiger partial charge in [-0.05, 0) is 36.6 Å². The number of aliphatic hydroxyl groups is 4. The van der Waals surface area contributed by atoms with E-state index in [0.717, 1.165) is 17.7 Å². The summed E-state index contributed by atoms with van der Waals surface area (Å²) in [6.45, 7) is 0.924. The predicted molar refractivity (Wildman–Crippen MR) is 169 cm³/mol. The fourth-order valence-corrected chi connectivity index (χ4v) is 5.13. The van der Waals surface area contributed by atoms with Gasteiger partial charge in [0, 0.05) is 23.1 Å². The van der Waals surface area contributed by atoms with Crippen molar-refractivity contribution in [3.63, 3.8) is 0 Å². The highest BCUT2D eigenvalue weighted by Gasteiger charge is 2.45. The van der Waals surface area contributed by atoms with E-state index >= 15 is 0 Å². The number of azide groups is 1. The number of benzene rings is 2. The van der Waals surface area contributed by atoms with Crippen molar-refractivity contribution in [1.29, 1.82) is 0 Å². The molecular formula is C31H37N5O14. The van der Waals surface area contributed by atoms with E-state index in [9.17, 15) is 45.0 Å². The van der Waals surface area contributed by atoms with Crippen LogP contribution in [0.2, 0.25) is 0 Å². The van der Waals surface area contributed by atoms with Crippen molar-refractivity contribution in [2.24, 2.45) is 5.11 Å². The van der Waals surface area contributed by atoms with Gasteiger partial charge in [-0.15, -0.1) is 0 Å². The molecule has 8 atom stereocenters. The minimum Gasteiger partial charge on any atom is -0.504 e. The number of phenolic OH excluding ortho intramolecular Hbond substituents is 3. The Hall–Kier alpha value is -4.98. The Labute approximate surface area is 282 Å². The summed E-state index contributed by atoms with van der Waals surface area (Å²) in [6.07, 6.45) is -6.27. The molecule has 270 valence electrons. The van der Waals surface area contributed by atoms with Crippen molar-refractivity contribution in [2.45, 2.75) is 68.8 Å². The summed E-state index contributed by atoms with van der Waals surface area (Å²) in [5, 5.41) is 71.3. The molecule has 2 saturated heterocycles. The molecule has 2 aliphatic heterocycles. The van der Waals surface area contributed by atoms with Gasteiger partial charge < -0.3 is 54.7 Å². The van der Waals surface area contributed by atoms with Crippen LogP contribution in [-0.2, 0) is 25.4 Å². The van der Waals surface area contributed by atoms with E-state index < -0.39 is 90.2 Å². The average molecular weight is 704 g/mol. The number of aromatic amines is 1. The summed E-state index contributed by atoms with van der Waals surface area (Å²) < 4.78 is 22.7. The quantitative estimate of drug-likeness (QED) is 0.0447. The van der Waals surface area contributed by atoms with Gasteiger partial charge >= 0.3 is 11.7 Å². The zero-order valence-corrected chi connectivity index (χ0v) is 26.6.